The van der Waals surface area contributed by atoms with Gasteiger partial charge in [-0.3, -0.25) is 4.79 Å². The topological polar surface area (TPSA) is 307 Å². The molecule has 12 N–H and O–H groups in total. The second-order valence-electron chi connectivity index (χ2n) is 29.9. The van der Waals surface area contributed by atoms with E-state index >= 15 is 0 Å². The van der Waals surface area contributed by atoms with Crippen molar-refractivity contribution in [1.82, 2.24) is 5.32 Å². The van der Waals surface area contributed by atoms with Gasteiger partial charge in [0.15, 0.2) is 18.9 Å². The van der Waals surface area contributed by atoms with Gasteiger partial charge in [-0.15, -0.1) is 0 Å². The Morgan fingerprint density at radius 2 is 0.639 bits per heavy atom. The van der Waals surface area contributed by atoms with E-state index in [1.54, 1.807) is 6.08 Å². The average Bonchev–Trinajstić information content (AvgIpc) is 0.779. The van der Waals surface area contributed by atoms with E-state index in [-0.39, 0.29) is 18.9 Å². The first kappa shape index (κ1) is 98.4. The molecule has 3 heterocycles. The Balaban J connectivity index is 1.38. The van der Waals surface area contributed by atoms with E-state index in [9.17, 15) is 61.0 Å². The molecule has 0 spiro atoms. The van der Waals surface area contributed by atoms with Crippen LogP contribution < -0.4 is 5.32 Å². The first-order valence-corrected chi connectivity index (χ1v) is 42.8. The standard InChI is InChI=1S/C89H153NO18/c1-3-5-7-9-11-13-15-17-19-21-23-25-27-29-31-33-35-37-38-40-42-44-46-48-50-52-54-56-58-60-62-64-66-73(94)72(90-77(95)67-65-63-61-59-57-55-53-51-49-47-45-43-41-39-36-34-32-30-28-26-24-22-20-18-16-14-12-10-8-6-4-2)71-103-87-83(101)80(98)85(75(69-92)105-87)108-89-84(102)81(99)86(76(70-93)106-89)107-88-82(100)79(97)78(96)74(68-91)104-88/h6,8,12,14,18,20,24,26,30,32,36,39,43,45,49,51,55,57,64,66,72-76,78-89,91-94,96-102H,3-5,7,9-11,13,15-17,19,21-23,25,27-29,31,33-35,37-38,40-42,44,46-48,50,52-54,56,58-63,65,67-71H2,1-2H3,(H,90,95)/b8-6-,14-12-,20-18-,26-24-,32-30-,39-36-,45-43-,51-49-,57-55-,66-64+. The highest BCUT2D eigenvalue weighted by atomic mass is 16.8. The number of amides is 1. The molecule has 1 amide bonds. The van der Waals surface area contributed by atoms with Crippen LogP contribution in [0.4, 0.5) is 0 Å². The zero-order valence-electron chi connectivity index (χ0n) is 66.8. The van der Waals surface area contributed by atoms with Crippen LogP contribution in [0.15, 0.2) is 122 Å². The number of carbonyl (C=O) groups is 1. The summed E-state index contributed by atoms with van der Waals surface area (Å²) in [5.41, 5.74) is 0. The molecule has 0 aromatic rings. The van der Waals surface area contributed by atoms with E-state index in [2.05, 4.69) is 129 Å². The van der Waals surface area contributed by atoms with Crippen molar-refractivity contribution in [3.63, 3.8) is 0 Å². The van der Waals surface area contributed by atoms with Crippen LogP contribution in [0.5, 0.6) is 0 Å². The van der Waals surface area contributed by atoms with Gasteiger partial charge in [-0.25, -0.2) is 0 Å². The maximum absolute atomic E-state index is 13.5. The number of unbranched alkanes of at least 4 members (excludes halogenated alkanes) is 33. The summed E-state index contributed by atoms with van der Waals surface area (Å²) in [5.74, 6) is -0.309. The van der Waals surface area contributed by atoms with E-state index in [0.717, 1.165) is 103 Å². The van der Waals surface area contributed by atoms with Crippen molar-refractivity contribution in [3.05, 3.63) is 122 Å². The van der Waals surface area contributed by atoms with Crippen LogP contribution in [0.2, 0.25) is 0 Å². The molecule has 3 rings (SSSR count). The maximum Gasteiger partial charge on any atom is 0.220 e. The van der Waals surface area contributed by atoms with E-state index in [1.807, 2.05) is 6.08 Å². The molecule has 622 valence electrons. The molecule has 3 aliphatic rings. The number of nitrogens with one attached hydrogen (secondary N) is 1. The number of rotatable bonds is 67. The lowest BCUT2D eigenvalue weighted by molar-refractivity contribution is -0.379. The molecular formula is C89H153NO18. The number of aliphatic hydroxyl groups is 11. The van der Waals surface area contributed by atoms with Crippen molar-refractivity contribution in [2.75, 3.05) is 26.4 Å². The number of aliphatic hydroxyl groups excluding tert-OH is 11. The second-order valence-corrected chi connectivity index (χ2v) is 29.9. The van der Waals surface area contributed by atoms with Crippen LogP contribution in [0.3, 0.4) is 0 Å². The van der Waals surface area contributed by atoms with Gasteiger partial charge in [-0.05, 0) is 89.9 Å². The number of carbonyl (C=O) groups excluding carboxylic acids is 1. The Morgan fingerprint density at radius 3 is 1.00 bits per heavy atom. The molecule has 0 aromatic heterocycles. The van der Waals surface area contributed by atoms with Crippen molar-refractivity contribution in [2.24, 2.45) is 0 Å². The summed E-state index contributed by atoms with van der Waals surface area (Å²) < 4.78 is 34.5. The van der Waals surface area contributed by atoms with Gasteiger partial charge in [-0.2, -0.15) is 0 Å². The van der Waals surface area contributed by atoms with Crippen LogP contribution in [-0.4, -0.2) is 193 Å². The monoisotopic (exact) mass is 1520 g/mol. The minimum atomic E-state index is -1.99. The van der Waals surface area contributed by atoms with Crippen LogP contribution in [0.1, 0.15) is 303 Å². The molecule has 0 radical (unpaired) electrons. The first-order valence-electron chi connectivity index (χ1n) is 42.8. The fraction of sp³-hybridized carbons (Fsp3) is 0.764. The van der Waals surface area contributed by atoms with Gasteiger partial charge in [0.25, 0.3) is 0 Å². The van der Waals surface area contributed by atoms with E-state index < -0.39 is 124 Å². The largest absolute Gasteiger partial charge is 0.394 e. The molecule has 0 aliphatic carbocycles. The zero-order chi connectivity index (χ0) is 78.1. The molecule has 0 bridgehead atoms. The van der Waals surface area contributed by atoms with Crippen LogP contribution in [-0.2, 0) is 33.2 Å². The molecule has 19 heteroatoms. The maximum atomic E-state index is 13.5. The Bertz CT molecular complexity index is 2420. The highest BCUT2D eigenvalue weighted by molar-refractivity contribution is 5.76. The molecule has 108 heavy (non-hydrogen) atoms. The zero-order valence-corrected chi connectivity index (χ0v) is 66.8. The summed E-state index contributed by atoms with van der Waals surface area (Å²) in [6.07, 6.45) is 69.0. The molecule has 19 nitrogen and oxygen atoms in total. The van der Waals surface area contributed by atoms with Gasteiger partial charge in [0.1, 0.15) is 73.2 Å². The lowest BCUT2D eigenvalue weighted by Gasteiger charge is -2.48. The van der Waals surface area contributed by atoms with Crippen LogP contribution in [0, 0.1) is 0 Å². The van der Waals surface area contributed by atoms with Gasteiger partial charge in [0, 0.05) is 6.42 Å². The predicted octanol–water partition coefficient (Wildman–Crippen LogP) is 15.5. The summed E-state index contributed by atoms with van der Waals surface area (Å²) in [6.45, 7) is 1.62. The van der Waals surface area contributed by atoms with E-state index in [1.165, 1.54) is 173 Å². The van der Waals surface area contributed by atoms with Crippen molar-refractivity contribution in [1.29, 1.82) is 0 Å². The Kier molecular flexibility index (Phi) is 61.6. The summed E-state index contributed by atoms with van der Waals surface area (Å²) in [4.78, 5) is 13.5. The number of allylic oxidation sites excluding steroid dienone is 19. The Morgan fingerprint density at radius 1 is 0.343 bits per heavy atom. The second kappa shape index (κ2) is 67.7. The van der Waals surface area contributed by atoms with Gasteiger partial charge in [-0.1, -0.05) is 328 Å². The SMILES string of the molecule is CC/C=C\C/C=C\C/C=C\C/C=C\C/C=C\C/C=C\C/C=C\C/C=C\C/C=C\CCCCCC(=O)NC(COC1OC(CO)C(OC2OC(CO)C(OC3OC(CO)C(O)C(O)C3O)C(O)C2O)C(O)C1O)C(O)/C=C/CCCCCCCCCCCCCCCCCCCCCCCCCCCCCCCC. The summed E-state index contributed by atoms with van der Waals surface area (Å²) >= 11 is 0. The lowest BCUT2D eigenvalue weighted by atomic mass is 9.96. The Labute approximate surface area is 652 Å². The highest BCUT2D eigenvalue weighted by Gasteiger charge is 2.54. The van der Waals surface area contributed by atoms with Crippen LogP contribution >= 0.6 is 0 Å². The van der Waals surface area contributed by atoms with Crippen molar-refractivity contribution < 1.29 is 89.4 Å². The molecule has 3 aliphatic heterocycles. The third-order valence-electron chi connectivity index (χ3n) is 20.5. The van der Waals surface area contributed by atoms with E-state index in [0.29, 0.717) is 6.42 Å². The lowest BCUT2D eigenvalue weighted by Crippen LogP contribution is -2.66. The third kappa shape index (κ3) is 46.4. The normalized spacial score (nSPS) is 26.0. The highest BCUT2D eigenvalue weighted by Crippen LogP contribution is 2.33. The van der Waals surface area contributed by atoms with Crippen molar-refractivity contribution in [3.8, 4) is 0 Å². The smallest absolute Gasteiger partial charge is 0.220 e. The van der Waals surface area contributed by atoms with Crippen molar-refractivity contribution in [2.45, 2.75) is 407 Å². The molecule has 0 aromatic carbocycles. The molecule has 3 fully saturated rings. The van der Waals surface area contributed by atoms with Gasteiger partial charge in [0.2, 0.25) is 5.91 Å². The average molecular weight is 1530 g/mol. The predicted molar refractivity (Wildman–Crippen MR) is 433 cm³/mol. The molecule has 0 saturated carbocycles. The third-order valence-corrected chi connectivity index (χ3v) is 20.5. The molecule has 17 unspecified atom stereocenters. The van der Waals surface area contributed by atoms with Gasteiger partial charge >= 0.3 is 0 Å². The van der Waals surface area contributed by atoms with Gasteiger partial charge < -0.3 is 89.9 Å². The number of ether oxygens (including phenoxy) is 6. The van der Waals surface area contributed by atoms with Crippen LogP contribution in [0.25, 0.3) is 0 Å². The molecule has 17 atom stereocenters. The minimum Gasteiger partial charge on any atom is -0.394 e. The summed E-state index contributed by atoms with van der Waals surface area (Å²) in [6, 6.07) is -1.00. The molecule has 3 saturated heterocycles. The fourth-order valence-corrected chi connectivity index (χ4v) is 13.7. The number of hydrogen-bond donors (Lipinski definition) is 12. The summed E-state index contributed by atoms with van der Waals surface area (Å²) in [7, 11) is 0. The quantitative estimate of drug-likeness (QED) is 0.0199. The fourth-order valence-electron chi connectivity index (χ4n) is 13.7. The van der Waals surface area contributed by atoms with Gasteiger partial charge in [0.05, 0.1) is 38.6 Å². The number of hydrogen-bond acceptors (Lipinski definition) is 18. The van der Waals surface area contributed by atoms with E-state index in [4.69, 9.17) is 28.4 Å². The summed E-state index contributed by atoms with van der Waals surface area (Å²) in [5, 5.41) is 121. The van der Waals surface area contributed by atoms with Crippen molar-refractivity contribution >= 4 is 5.91 Å². The molecular weight excluding hydrogens is 1370 g/mol. The minimum absolute atomic E-state index is 0.196. The Hall–Kier alpha value is -3.81. The first-order chi connectivity index (χ1) is 52.8.